The Bertz CT molecular complexity index is 541. The Kier molecular flexibility index (Phi) is 3.00. The number of aromatic nitrogens is 2. The topological polar surface area (TPSA) is 75.1 Å². The first-order chi connectivity index (χ1) is 8.15. The fourth-order valence-electron chi connectivity index (χ4n) is 1.38. The Labute approximate surface area is 98.2 Å². The first-order valence-electron chi connectivity index (χ1n) is 5.06. The minimum absolute atomic E-state index is 0.0177. The maximum atomic E-state index is 10.8. The van der Waals surface area contributed by atoms with Crippen LogP contribution in [0.25, 0.3) is 0 Å². The summed E-state index contributed by atoms with van der Waals surface area (Å²) < 4.78 is 0. The van der Waals surface area contributed by atoms with Crippen molar-refractivity contribution in [2.45, 2.75) is 6.92 Å². The molecule has 1 heterocycles. The van der Waals surface area contributed by atoms with Gasteiger partial charge in [-0.05, 0) is 25.1 Å². The molecule has 0 amide bonds. The number of hydrogen-bond acceptors (Lipinski definition) is 4. The molecule has 2 N–H and O–H groups in total. The van der Waals surface area contributed by atoms with Crippen LogP contribution in [0.2, 0.25) is 0 Å². The molecule has 1 aromatic carbocycles. The highest BCUT2D eigenvalue weighted by molar-refractivity contribution is 5.85. The number of aryl methyl sites for hydroxylation is 1. The van der Waals surface area contributed by atoms with Gasteiger partial charge in [0.15, 0.2) is 5.69 Å². The molecule has 0 spiro atoms. The molecule has 0 atom stereocenters. The third-order valence-corrected chi connectivity index (χ3v) is 2.10. The van der Waals surface area contributed by atoms with Crippen molar-refractivity contribution in [2.24, 2.45) is 0 Å². The summed E-state index contributed by atoms with van der Waals surface area (Å²) in [6.07, 6.45) is 0. The standard InChI is InChI=1S/C12H11N3O2/c1-8-7-10(11(16)17)15-12(13-8)14-9-5-3-2-4-6-9/h2-7H,1H3,(H,16,17)(H,13,14,15). The van der Waals surface area contributed by atoms with Crippen LogP contribution in [0.4, 0.5) is 11.6 Å². The molecule has 0 fully saturated rings. The van der Waals surface area contributed by atoms with Crippen molar-refractivity contribution in [3.8, 4) is 0 Å². The molecule has 5 heteroatoms. The van der Waals surface area contributed by atoms with Crippen molar-refractivity contribution >= 4 is 17.6 Å². The van der Waals surface area contributed by atoms with Crippen LogP contribution < -0.4 is 5.32 Å². The van der Waals surface area contributed by atoms with E-state index < -0.39 is 5.97 Å². The molecular weight excluding hydrogens is 218 g/mol. The van der Waals surface area contributed by atoms with E-state index in [0.29, 0.717) is 5.69 Å². The quantitative estimate of drug-likeness (QED) is 0.844. The second-order valence-electron chi connectivity index (χ2n) is 3.51. The Morgan fingerprint density at radius 3 is 2.59 bits per heavy atom. The molecule has 0 unspecified atom stereocenters. The summed E-state index contributed by atoms with van der Waals surface area (Å²) in [5.74, 6) is -0.778. The van der Waals surface area contributed by atoms with Gasteiger partial charge in [0.05, 0.1) is 0 Å². The number of anilines is 2. The summed E-state index contributed by atoms with van der Waals surface area (Å²) >= 11 is 0. The maximum Gasteiger partial charge on any atom is 0.354 e. The number of carboxylic acid groups (broad SMARTS) is 1. The molecule has 0 bridgehead atoms. The minimum atomic E-state index is -1.06. The second kappa shape index (κ2) is 4.61. The number of rotatable bonds is 3. The molecule has 17 heavy (non-hydrogen) atoms. The molecule has 1 aromatic heterocycles. The average Bonchev–Trinajstić information content (AvgIpc) is 2.29. The Morgan fingerprint density at radius 1 is 1.24 bits per heavy atom. The van der Waals surface area contributed by atoms with E-state index >= 15 is 0 Å². The summed E-state index contributed by atoms with van der Waals surface area (Å²) in [5.41, 5.74) is 1.40. The molecule has 2 rings (SSSR count). The zero-order valence-electron chi connectivity index (χ0n) is 9.21. The highest BCUT2D eigenvalue weighted by Crippen LogP contribution is 2.13. The minimum Gasteiger partial charge on any atom is -0.477 e. The van der Waals surface area contributed by atoms with Gasteiger partial charge in [0.2, 0.25) is 5.95 Å². The number of nitrogens with one attached hydrogen (secondary N) is 1. The predicted octanol–water partition coefficient (Wildman–Crippen LogP) is 2.23. The van der Waals surface area contributed by atoms with E-state index in [4.69, 9.17) is 5.11 Å². The van der Waals surface area contributed by atoms with Gasteiger partial charge in [0.25, 0.3) is 0 Å². The number of nitrogens with zero attached hydrogens (tertiary/aromatic N) is 2. The zero-order valence-corrected chi connectivity index (χ0v) is 9.21. The van der Waals surface area contributed by atoms with Crippen molar-refractivity contribution < 1.29 is 9.90 Å². The van der Waals surface area contributed by atoms with E-state index in [0.717, 1.165) is 5.69 Å². The van der Waals surface area contributed by atoms with Crippen LogP contribution in [0.15, 0.2) is 36.4 Å². The molecule has 5 nitrogen and oxygen atoms in total. The van der Waals surface area contributed by atoms with Crippen LogP contribution in [0.1, 0.15) is 16.2 Å². The number of benzene rings is 1. The third kappa shape index (κ3) is 2.78. The lowest BCUT2D eigenvalue weighted by Crippen LogP contribution is -2.06. The van der Waals surface area contributed by atoms with Crippen LogP contribution in [0, 0.1) is 6.92 Å². The lowest BCUT2D eigenvalue weighted by Gasteiger charge is -2.06. The van der Waals surface area contributed by atoms with Gasteiger partial charge in [-0.1, -0.05) is 18.2 Å². The summed E-state index contributed by atoms with van der Waals surface area (Å²) in [6.45, 7) is 1.73. The molecule has 0 saturated carbocycles. The van der Waals surface area contributed by atoms with E-state index in [9.17, 15) is 4.79 Å². The zero-order chi connectivity index (χ0) is 12.3. The molecule has 0 aliphatic carbocycles. The van der Waals surface area contributed by atoms with E-state index in [-0.39, 0.29) is 11.6 Å². The van der Waals surface area contributed by atoms with Crippen molar-refractivity contribution in [2.75, 3.05) is 5.32 Å². The Balaban J connectivity index is 2.30. The van der Waals surface area contributed by atoms with Crippen LogP contribution >= 0.6 is 0 Å². The fourth-order valence-corrected chi connectivity index (χ4v) is 1.38. The van der Waals surface area contributed by atoms with Gasteiger partial charge in [-0.15, -0.1) is 0 Å². The van der Waals surface area contributed by atoms with Crippen LogP contribution in [-0.4, -0.2) is 21.0 Å². The first kappa shape index (κ1) is 11.1. The van der Waals surface area contributed by atoms with Gasteiger partial charge in [0.1, 0.15) is 0 Å². The van der Waals surface area contributed by atoms with E-state index in [1.807, 2.05) is 30.3 Å². The summed E-state index contributed by atoms with van der Waals surface area (Å²) in [7, 11) is 0. The molecular formula is C12H11N3O2. The average molecular weight is 229 g/mol. The largest absolute Gasteiger partial charge is 0.477 e. The number of hydrogen-bond donors (Lipinski definition) is 2. The van der Waals surface area contributed by atoms with Crippen LogP contribution in [0.5, 0.6) is 0 Å². The lowest BCUT2D eigenvalue weighted by atomic mass is 10.3. The number of aromatic carboxylic acids is 1. The molecule has 0 aliphatic rings. The lowest BCUT2D eigenvalue weighted by molar-refractivity contribution is 0.0690. The summed E-state index contributed by atoms with van der Waals surface area (Å²) in [4.78, 5) is 18.9. The molecule has 86 valence electrons. The van der Waals surface area contributed by atoms with Crippen molar-refractivity contribution in [1.29, 1.82) is 0 Å². The van der Waals surface area contributed by atoms with Gasteiger partial charge in [-0.25, -0.2) is 14.8 Å². The van der Waals surface area contributed by atoms with Gasteiger partial charge in [0, 0.05) is 11.4 Å². The van der Waals surface area contributed by atoms with E-state index in [2.05, 4.69) is 15.3 Å². The fraction of sp³-hybridized carbons (Fsp3) is 0.0833. The predicted molar refractivity (Wildman–Crippen MR) is 63.5 cm³/mol. The summed E-state index contributed by atoms with van der Waals surface area (Å²) in [6, 6.07) is 10.8. The van der Waals surface area contributed by atoms with Gasteiger partial charge in [-0.2, -0.15) is 0 Å². The molecule has 0 saturated heterocycles. The SMILES string of the molecule is Cc1cc(C(=O)O)nc(Nc2ccccc2)n1. The van der Waals surface area contributed by atoms with Gasteiger partial charge < -0.3 is 10.4 Å². The summed E-state index contributed by atoms with van der Waals surface area (Å²) in [5, 5.41) is 11.8. The first-order valence-corrected chi connectivity index (χ1v) is 5.06. The van der Waals surface area contributed by atoms with E-state index in [1.54, 1.807) is 6.92 Å². The van der Waals surface area contributed by atoms with Crippen molar-refractivity contribution in [3.05, 3.63) is 47.8 Å². The van der Waals surface area contributed by atoms with Gasteiger partial charge in [-0.3, -0.25) is 0 Å². The Morgan fingerprint density at radius 2 is 1.94 bits per heavy atom. The monoisotopic (exact) mass is 229 g/mol. The normalized spacial score (nSPS) is 9.94. The van der Waals surface area contributed by atoms with Crippen LogP contribution in [-0.2, 0) is 0 Å². The highest BCUT2D eigenvalue weighted by atomic mass is 16.4. The van der Waals surface area contributed by atoms with Crippen molar-refractivity contribution in [3.63, 3.8) is 0 Å². The van der Waals surface area contributed by atoms with Crippen LogP contribution in [0.3, 0.4) is 0 Å². The molecule has 0 aliphatic heterocycles. The molecule has 2 aromatic rings. The maximum absolute atomic E-state index is 10.8. The Hall–Kier alpha value is -2.43. The second-order valence-corrected chi connectivity index (χ2v) is 3.51. The number of carboxylic acids is 1. The van der Waals surface area contributed by atoms with Gasteiger partial charge >= 0.3 is 5.97 Å². The van der Waals surface area contributed by atoms with Crippen molar-refractivity contribution in [1.82, 2.24) is 9.97 Å². The number of para-hydroxylation sites is 1. The third-order valence-electron chi connectivity index (χ3n) is 2.10. The molecule has 0 radical (unpaired) electrons. The highest BCUT2D eigenvalue weighted by Gasteiger charge is 2.08. The smallest absolute Gasteiger partial charge is 0.354 e. The van der Waals surface area contributed by atoms with E-state index in [1.165, 1.54) is 6.07 Å². The number of carbonyl (C=O) groups is 1.